The molecule has 1 heterocycles. The Hall–Kier alpha value is -1.46. The van der Waals surface area contributed by atoms with Gasteiger partial charge in [0.2, 0.25) is 0 Å². The van der Waals surface area contributed by atoms with Crippen molar-refractivity contribution in [1.29, 1.82) is 0 Å². The molecule has 0 aliphatic heterocycles. The molecule has 1 aromatic carbocycles. The van der Waals surface area contributed by atoms with Crippen LogP contribution in [0.1, 0.15) is 23.7 Å². The first kappa shape index (κ1) is 14.0. The molecule has 2 aromatic rings. The van der Waals surface area contributed by atoms with E-state index < -0.39 is 0 Å². The van der Waals surface area contributed by atoms with Gasteiger partial charge < -0.3 is 5.32 Å². The topological polar surface area (TPSA) is 41.1 Å². The Bertz CT molecular complexity index is 524. The Kier molecular flexibility index (Phi) is 4.87. The molecule has 1 N–H and O–H groups in total. The molecule has 0 spiro atoms. The minimum atomic E-state index is 0.812. The monoisotopic (exact) mass is 276 g/mol. The minimum absolute atomic E-state index is 0.812. The Balaban J connectivity index is 1.97. The number of aromatic nitrogens is 2. The molecule has 19 heavy (non-hydrogen) atoms. The van der Waals surface area contributed by atoms with Crippen LogP contribution in [0.2, 0.25) is 0 Å². The molecule has 0 atom stereocenters. The van der Waals surface area contributed by atoms with Crippen LogP contribution >= 0.6 is 11.5 Å². The Morgan fingerprint density at radius 2 is 2.16 bits per heavy atom. The predicted octanol–water partition coefficient (Wildman–Crippen LogP) is 2.91. The largest absolute Gasteiger partial charge is 0.374 e. The van der Waals surface area contributed by atoms with Crippen molar-refractivity contribution in [3.8, 4) is 0 Å². The lowest BCUT2D eigenvalue weighted by molar-refractivity contribution is 0.315. The van der Waals surface area contributed by atoms with Crippen molar-refractivity contribution < 1.29 is 0 Å². The smallest absolute Gasteiger partial charge is 0.134 e. The zero-order valence-corrected chi connectivity index (χ0v) is 12.5. The summed E-state index contributed by atoms with van der Waals surface area (Å²) in [5, 5.41) is 8.58. The van der Waals surface area contributed by atoms with E-state index in [-0.39, 0.29) is 0 Å². The number of hydrogen-bond donors (Lipinski definition) is 1. The molecule has 102 valence electrons. The van der Waals surface area contributed by atoms with Crippen LogP contribution in [0.5, 0.6) is 0 Å². The van der Waals surface area contributed by atoms with Gasteiger partial charge in [-0.15, -0.1) is 5.10 Å². The molecule has 4 nitrogen and oxygen atoms in total. The summed E-state index contributed by atoms with van der Waals surface area (Å²) in [4.78, 5) is 2.26. The van der Waals surface area contributed by atoms with Crippen molar-refractivity contribution in [2.75, 3.05) is 18.9 Å². The molecule has 1 aromatic heterocycles. The fourth-order valence-corrected chi connectivity index (χ4v) is 2.68. The van der Waals surface area contributed by atoms with Gasteiger partial charge in [-0.1, -0.05) is 34.3 Å². The highest BCUT2D eigenvalue weighted by molar-refractivity contribution is 7.10. The van der Waals surface area contributed by atoms with Crippen molar-refractivity contribution in [2.24, 2.45) is 0 Å². The third kappa shape index (κ3) is 4.01. The second-order valence-corrected chi connectivity index (χ2v) is 5.49. The summed E-state index contributed by atoms with van der Waals surface area (Å²) in [6, 6.07) is 8.61. The van der Waals surface area contributed by atoms with Gasteiger partial charge in [-0.05, 0) is 26.5 Å². The van der Waals surface area contributed by atoms with Crippen molar-refractivity contribution >= 4 is 16.5 Å². The van der Waals surface area contributed by atoms with Gasteiger partial charge in [0.15, 0.2) is 0 Å². The first-order valence-corrected chi connectivity index (χ1v) is 7.25. The summed E-state index contributed by atoms with van der Waals surface area (Å²) < 4.78 is 4.02. The van der Waals surface area contributed by atoms with E-state index in [1.165, 1.54) is 22.7 Å². The van der Waals surface area contributed by atoms with Crippen LogP contribution < -0.4 is 5.32 Å². The molecule has 0 aliphatic carbocycles. The average Bonchev–Trinajstić information content (AvgIpc) is 2.77. The molecule has 0 bridgehead atoms. The third-order valence-electron chi connectivity index (χ3n) is 2.85. The molecular weight excluding hydrogens is 256 g/mol. The summed E-state index contributed by atoms with van der Waals surface area (Å²) in [5.74, 6) is 0. The standard InChI is InChI=1S/C14H20N4S/c1-4-15-14-13(16-17-19-14)10-18(3)9-12-7-5-6-11(2)8-12/h5-8,15H,4,9-10H2,1-3H3. The lowest BCUT2D eigenvalue weighted by Crippen LogP contribution is -2.18. The van der Waals surface area contributed by atoms with Crippen molar-refractivity contribution in [3.05, 3.63) is 41.1 Å². The number of aryl methyl sites for hydroxylation is 1. The van der Waals surface area contributed by atoms with Crippen molar-refractivity contribution in [3.63, 3.8) is 0 Å². The van der Waals surface area contributed by atoms with Gasteiger partial charge in [-0.2, -0.15) is 0 Å². The molecule has 0 fully saturated rings. The predicted molar refractivity (Wildman–Crippen MR) is 80.4 cm³/mol. The zero-order valence-electron chi connectivity index (χ0n) is 11.7. The van der Waals surface area contributed by atoms with Crippen LogP contribution in [-0.4, -0.2) is 28.1 Å². The van der Waals surface area contributed by atoms with E-state index in [1.54, 1.807) is 0 Å². The van der Waals surface area contributed by atoms with Crippen molar-refractivity contribution in [1.82, 2.24) is 14.5 Å². The van der Waals surface area contributed by atoms with E-state index in [9.17, 15) is 0 Å². The number of anilines is 1. The summed E-state index contributed by atoms with van der Waals surface area (Å²) >= 11 is 1.43. The fraction of sp³-hybridized carbons (Fsp3) is 0.429. The summed E-state index contributed by atoms with van der Waals surface area (Å²) in [7, 11) is 2.11. The minimum Gasteiger partial charge on any atom is -0.374 e. The summed E-state index contributed by atoms with van der Waals surface area (Å²) in [6.45, 7) is 6.84. The Labute approximate surface area is 118 Å². The fourth-order valence-electron chi connectivity index (χ4n) is 2.04. The quantitative estimate of drug-likeness (QED) is 0.881. The normalized spacial score (nSPS) is 10.9. The maximum Gasteiger partial charge on any atom is 0.134 e. The van der Waals surface area contributed by atoms with Crippen LogP contribution in [0.25, 0.3) is 0 Å². The molecule has 0 unspecified atom stereocenters. The zero-order chi connectivity index (χ0) is 13.7. The number of nitrogens with one attached hydrogen (secondary N) is 1. The van der Waals surface area contributed by atoms with E-state index in [4.69, 9.17) is 0 Å². The van der Waals surface area contributed by atoms with Crippen LogP contribution in [0.4, 0.5) is 5.00 Å². The second kappa shape index (κ2) is 6.63. The SMILES string of the molecule is CCNc1snnc1CN(C)Cc1cccc(C)c1. The van der Waals surface area contributed by atoms with Gasteiger partial charge in [-0.25, -0.2) is 0 Å². The van der Waals surface area contributed by atoms with Gasteiger partial charge in [0.25, 0.3) is 0 Å². The molecular formula is C14H20N4S. The number of rotatable bonds is 6. The van der Waals surface area contributed by atoms with Gasteiger partial charge in [0.1, 0.15) is 10.7 Å². The van der Waals surface area contributed by atoms with Crippen molar-refractivity contribution in [2.45, 2.75) is 26.9 Å². The molecule has 5 heteroatoms. The number of hydrogen-bond acceptors (Lipinski definition) is 5. The van der Waals surface area contributed by atoms with Gasteiger partial charge in [-0.3, -0.25) is 4.90 Å². The van der Waals surface area contributed by atoms with Gasteiger partial charge in [0, 0.05) is 31.2 Å². The van der Waals surface area contributed by atoms with E-state index in [2.05, 4.69) is 65.0 Å². The van der Waals surface area contributed by atoms with Crippen LogP contribution in [0.3, 0.4) is 0 Å². The van der Waals surface area contributed by atoms with Gasteiger partial charge >= 0.3 is 0 Å². The molecule has 0 aliphatic rings. The molecule has 2 rings (SSSR count). The van der Waals surface area contributed by atoms with Crippen LogP contribution in [0.15, 0.2) is 24.3 Å². The summed E-state index contributed by atoms with van der Waals surface area (Å²) in [5.41, 5.74) is 3.66. The van der Waals surface area contributed by atoms with Crippen LogP contribution in [-0.2, 0) is 13.1 Å². The van der Waals surface area contributed by atoms with Crippen LogP contribution in [0, 0.1) is 6.92 Å². The number of nitrogens with zero attached hydrogens (tertiary/aromatic N) is 3. The maximum atomic E-state index is 4.20. The lowest BCUT2D eigenvalue weighted by Gasteiger charge is -2.16. The Morgan fingerprint density at radius 3 is 2.89 bits per heavy atom. The summed E-state index contributed by atoms with van der Waals surface area (Å²) in [6.07, 6.45) is 0. The average molecular weight is 276 g/mol. The van der Waals surface area contributed by atoms with E-state index >= 15 is 0 Å². The number of benzene rings is 1. The van der Waals surface area contributed by atoms with E-state index in [1.807, 2.05) is 0 Å². The molecule has 0 amide bonds. The third-order valence-corrected chi connectivity index (χ3v) is 3.57. The highest BCUT2D eigenvalue weighted by Gasteiger charge is 2.10. The first-order valence-electron chi connectivity index (χ1n) is 6.48. The lowest BCUT2D eigenvalue weighted by atomic mass is 10.1. The first-order chi connectivity index (χ1) is 9.19. The molecule has 0 saturated heterocycles. The molecule has 0 radical (unpaired) electrons. The van der Waals surface area contributed by atoms with Gasteiger partial charge in [0.05, 0.1) is 0 Å². The van der Waals surface area contributed by atoms with E-state index in [0.29, 0.717) is 0 Å². The molecule has 0 saturated carbocycles. The maximum absolute atomic E-state index is 4.20. The highest BCUT2D eigenvalue weighted by Crippen LogP contribution is 2.19. The Morgan fingerprint density at radius 1 is 1.32 bits per heavy atom. The highest BCUT2D eigenvalue weighted by atomic mass is 32.1. The second-order valence-electron chi connectivity index (χ2n) is 4.74. The van der Waals surface area contributed by atoms with E-state index in [0.717, 1.165) is 30.3 Å².